The summed E-state index contributed by atoms with van der Waals surface area (Å²) in [7, 11) is 0. The Kier molecular flexibility index (Phi) is 2.64. The lowest BCUT2D eigenvalue weighted by Crippen LogP contribution is -2.39. The summed E-state index contributed by atoms with van der Waals surface area (Å²) in [4.78, 5) is 0. The lowest BCUT2D eigenvalue weighted by molar-refractivity contribution is 0.331. The monoisotopic (exact) mass is 181 g/mol. The van der Waals surface area contributed by atoms with Crippen molar-refractivity contribution in [3.8, 4) is 0 Å². The summed E-state index contributed by atoms with van der Waals surface area (Å²) in [6.45, 7) is 7.18. The van der Waals surface area contributed by atoms with E-state index in [0.717, 1.165) is 29.8 Å². The molecule has 2 aliphatic carbocycles. The molecular formula is C12H23N. The minimum absolute atomic E-state index is 0.776. The van der Waals surface area contributed by atoms with Crippen LogP contribution in [-0.2, 0) is 0 Å². The van der Waals surface area contributed by atoms with E-state index in [-0.39, 0.29) is 0 Å². The molecular weight excluding hydrogens is 158 g/mol. The molecule has 0 aromatic rings. The Morgan fingerprint density at radius 3 is 2.23 bits per heavy atom. The topological polar surface area (TPSA) is 12.0 Å². The van der Waals surface area contributed by atoms with Crippen LogP contribution in [0.1, 0.15) is 46.5 Å². The maximum absolute atomic E-state index is 3.82. The van der Waals surface area contributed by atoms with Gasteiger partial charge in [0.25, 0.3) is 0 Å². The van der Waals surface area contributed by atoms with E-state index in [4.69, 9.17) is 0 Å². The standard InChI is InChI=1S/C12H23N/c1-8-4-7-12(9(8)2)13-10(3)11-5-6-11/h8-13H,4-7H2,1-3H3. The minimum Gasteiger partial charge on any atom is -0.311 e. The molecule has 4 unspecified atom stereocenters. The van der Waals surface area contributed by atoms with Crippen molar-refractivity contribution in [1.29, 1.82) is 0 Å². The third-order valence-electron chi connectivity index (χ3n) is 4.27. The zero-order valence-corrected chi connectivity index (χ0v) is 9.22. The summed E-state index contributed by atoms with van der Waals surface area (Å²) in [5, 5.41) is 3.82. The second kappa shape index (κ2) is 3.61. The average Bonchev–Trinajstić information content (AvgIpc) is 2.89. The molecule has 0 bridgehead atoms. The average molecular weight is 181 g/mol. The predicted octanol–water partition coefficient (Wildman–Crippen LogP) is 2.81. The molecule has 2 fully saturated rings. The van der Waals surface area contributed by atoms with Crippen molar-refractivity contribution in [3.63, 3.8) is 0 Å². The Labute approximate surface area is 82.3 Å². The van der Waals surface area contributed by atoms with E-state index < -0.39 is 0 Å². The van der Waals surface area contributed by atoms with Gasteiger partial charge < -0.3 is 5.32 Å². The molecule has 0 saturated heterocycles. The van der Waals surface area contributed by atoms with Crippen molar-refractivity contribution in [2.75, 3.05) is 0 Å². The fourth-order valence-electron chi connectivity index (χ4n) is 2.67. The molecule has 0 aromatic heterocycles. The smallest absolute Gasteiger partial charge is 0.00979 e. The largest absolute Gasteiger partial charge is 0.311 e. The Balaban J connectivity index is 1.80. The summed E-state index contributed by atoms with van der Waals surface area (Å²) in [5.74, 6) is 2.83. The van der Waals surface area contributed by atoms with Gasteiger partial charge in [-0.15, -0.1) is 0 Å². The van der Waals surface area contributed by atoms with E-state index >= 15 is 0 Å². The van der Waals surface area contributed by atoms with Gasteiger partial charge in [-0.2, -0.15) is 0 Å². The Morgan fingerprint density at radius 2 is 1.77 bits per heavy atom. The van der Waals surface area contributed by atoms with Gasteiger partial charge in [-0.25, -0.2) is 0 Å². The highest BCUT2D eigenvalue weighted by Crippen LogP contribution is 2.36. The van der Waals surface area contributed by atoms with Crippen LogP contribution >= 0.6 is 0 Å². The van der Waals surface area contributed by atoms with Crippen molar-refractivity contribution >= 4 is 0 Å². The van der Waals surface area contributed by atoms with Crippen LogP contribution in [0.3, 0.4) is 0 Å². The lowest BCUT2D eigenvalue weighted by atomic mass is 9.97. The minimum atomic E-state index is 0.776. The Hall–Kier alpha value is -0.0400. The summed E-state index contributed by atoms with van der Waals surface area (Å²) in [6.07, 6.45) is 5.76. The van der Waals surface area contributed by atoms with Crippen LogP contribution < -0.4 is 5.32 Å². The van der Waals surface area contributed by atoms with E-state index in [1.807, 2.05) is 0 Å². The molecule has 2 saturated carbocycles. The molecule has 1 N–H and O–H groups in total. The van der Waals surface area contributed by atoms with Gasteiger partial charge in [0.2, 0.25) is 0 Å². The third-order valence-corrected chi connectivity index (χ3v) is 4.27. The van der Waals surface area contributed by atoms with Crippen LogP contribution in [0.2, 0.25) is 0 Å². The summed E-state index contributed by atoms with van der Waals surface area (Å²) >= 11 is 0. The summed E-state index contributed by atoms with van der Waals surface area (Å²) in [6, 6.07) is 1.59. The summed E-state index contributed by atoms with van der Waals surface area (Å²) < 4.78 is 0. The normalized spacial score (nSPS) is 42.2. The maximum Gasteiger partial charge on any atom is 0.00979 e. The maximum atomic E-state index is 3.82. The first-order valence-electron chi connectivity index (χ1n) is 5.94. The number of hydrogen-bond acceptors (Lipinski definition) is 1. The van der Waals surface area contributed by atoms with Gasteiger partial charge in [-0.1, -0.05) is 13.8 Å². The van der Waals surface area contributed by atoms with Gasteiger partial charge >= 0.3 is 0 Å². The SMILES string of the molecule is CC1CCC(NC(C)C2CC2)C1C. The predicted molar refractivity (Wildman–Crippen MR) is 56.7 cm³/mol. The molecule has 0 spiro atoms. The van der Waals surface area contributed by atoms with Crippen LogP contribution in [0.5, 0.6) is 0 Å². The van der Waals surface area contributed by atoms with Crippen LogP contribution in [-0.4, -0.2) is 12.1 Å². The van der Waals surface area contributed by atoms with Crippen LogP contribution in [0, 0.1) is 17.8 Å². The van der Waals surface area contributed by atoms with Crippen molar-refractivity contribution < 1.29 is 0 Å². The van der Waals surface area contributed by atoms with Crippen molar-refractivity contribution in [2.45, 2.75) is 58.5 Å². The zero-order valence-electron chi connectivity index (χ0n) is 9.22. The molecule has 4 atom stereocenters. The molecule has 1 nitrogen and oxygen atoms in total. The lowest BCUT2D eigenvalue weighted by Gasteiger charge is -2.24. The van der Waals surface area contributed by atoms with Crippen molar-refractivity contribution in [1.82, 2.24) is 5.32 Å². The van der Waals surface area contributed by atoms with Gasteiger partial charge in [0.05, 0.1) is 0 Å². The van der Waals surface area contributed by atoms with Crippen LogP contribution in [0.15, 0.2) is 0 Å². The zero-order chi connectivity index (χ0) is 9.42. The Bertz CT molecular complexity index is 174. The summed E-state index contributed by atoms with van der Waals surface area (Å²) in [5.41, 5.74) is 0. The fourth-order valence-corrected chi connectivity index (χ4v) is 2.67. The van der Waals surface area contributed by atoms with Gasteiger partial charge in [-0.3, -0.25) is 0 Å². The van der Waals surface area contributed by atoms with Crippen molar-refractivity contribution in [3.05, 3.63) is 0 Å². The van der Waals surface area contributed by atoms with Gasteiger partial charge in [0.15, 0.2) is 0 Å². The number of nitrogens with one attached hydrogen (secondary N) is 1. The number of rotatable bonds is 3. The molecule has 0 radical (unpaired) electrons. The van der Waals surface area contributed by atoms with E-state index in [1.165, 1.54) is 25.7 Å². The van der Waals surface area contributed by atoms with E-state index in [0.29, 0.717) is 0 Å². The second-order valence-electron chi connectivity index (χ2n) is 5.31. The van der Waals surface area contributed by atoms with Crippen molar-refractivity contribution in [2.24, 2.45) is 17.8 Å². The van der Waals surface area contributed by atoms with E-state index in [9.17, 15) is 0 Å². The van der Waals surface area contributed by atoms with Gasteiger partial charge in [-0.05, 0) is 50.4 Å². The van der Waals surface area contributed by atoms with E-state index in [1.54, 1.807) is 0 Å². The molecule has 2 rings (SSSR count). The molecule has 0 aliphatic heterocycles. The molecule has 13 heavy (non-hydrogen) atoms. The fraction of sp³-hybridized carbons (Fsp3) is 1.00. The Morgan fingerprint density at radius 1 is 1.08 bits per heavy atom. The first kappa shape index (κ1) is 9.51. The number of hydrogen-bond donors (Lipinski definition) is 1. The highest BCUT2D eigenvalue weighted by Gasteiger charge is 2.34. The quantitative estimate of drug-likeness (QED) is 0.706. The molecule has 0 amide bonds. The van der Waals surface area contributed by atoms with Gasteiger partial charge in [0.1, 0.15) is 0 Å². The molecule has 1 heteroatoms. The van der Waals surface area contributed by atoms with E-state index in [2.05, 4.69) is 26.1 Å². The first-order valence-corrected chi connectivity index (χ1v) is 5.94. The molecule has 0 heterocycles. The molecule has 76 valence electrons. The van der Waals surface area contributed by atoms with Gasteiger partial charge in [0, 0.05) is 12.1 Å². The van der Waals surface area contributed by atoms with Crippen LogP contribution in [0.25, 0.3) is 0 Å². The second-order valence-corrected chi connectivity index (χ2v) is 5.31. The molecule has 0 aromatic carbocycles. The first-order chi connectivity index (χ1) is 6.18. The van der Waals surface area contributed by atoms with Crippen LogP contribution in [0.4, 0.5) is 0 Å². The highest BCUT2D eigenvalue weighted by molar-refractivity contribution is 4.90. The highest BCUT2D eigenvalue weighted by atomic mass is 15.0. The third kappa shape index (κ3) is 2.07. The molecule has 2 aliphatic rings.